The third kappa shape index (κ3) is 3.76. The number of aryl methyl sites for hydroxylation is 3. The van der Waals surface area contributed by atoms with Gasteiger partial charge in [0.05, 0.1) is 11.4 Å². The van der Waals surface area contributed by atoms with Crippen molar-refractivity contribution in [3.05, 3.63) is 64.0 Å². The molecule has 1 aliphatic rings. The molecule has 2 heterocycles. The number of thiazole rings is 1. The van der Waals surface area contributed by atoms with Gasteiger partial charge >= 0.3 is 0 Å². The van der Waals surface area contributed by atoms with E-state index in [-0.39, 0.29) is 30.6 Å². The van der Waals surface area contributed by atoms with Gasteiger partial charge in [0.2, 0.25) is 11.8 Å². The minimum Gasteiger partial charge on any atom is -0.298 e. The van der Waals surface area contributed by atoms with Crippen molar-refractivity contribution in [2.24, 2.45) is 0 Å². The summed E-state index contributed by atoms with van der Waals surface area (Å²) in [6.07, 6.45) is 0.459. The Morgan fingerprint density at radius 2 is 1.60 bits per heavy atom. The Morgan fingerprint density at radius 1 is 1.00 bits per heavy atom. The summed E-state index contributed by atoms with van der Waals surface area (Å²) in [5.41, 5.74) is 6.35. The van der Waals surface area contributed by atoms with E-state index in [1.807, 2.05) is 5.38 Å². The first-order valence-corrected chi connectivity index (χ1v) is 10.5. The molecular weight excluding hydrogens is 398 g/mol. The van der Waals surface area contributed by atoms with Crippen LogP contribution in [-0.2, 0) is 9.59 Å². The fraction of sp³-hybridized carbons (Fsp3) is 0.217. The number of carbonyl (C=O) groups excluding carboxylic acids is 3. The largest absolute Gasteiger partial charge is 0.298 e. The number of amides is 3. The van der Waals surface area contributed by atoms with Crippen LogP contribution in [-0.4, -0.2) is 22.7 Å². The third-order valence-electron chi connectivity index (χ3n) is 5.10. The van der Waals surface area contributed by atoms with Crippen LogP contribution in [0, 0.1) is 20.8 Å². The molecule has 1 aromatic heterocycles. The zero-order valence-electron chi connectivity index (χ0n) is 17.0. The average Bonchev–Trinajstić information content (AvgIpc) is 3.27. The number of hydrogen-bond acceptors (Lipinski definition) is 5. The highest BCUT2D eigenvalue weighted by molar-refractivity contribution is 7.14. The molecule has 30 heavy (non-hydrogen) atoms. The molecule has 7 heteroatoms. The van der Waals surface area contributed by atoms with Crippen LogP contribution >= 0.6 is 11.3 Å². The number of benzene rings is 2. The van der Waals surface area contributed by atoms with Gasteiger partial charge in [-0.1, -0.05) is 17.7 Å². The van der Waals surface area contributed by atoms with E-state index in [0.717, 1.165) is 22.4 Å². The lowest BCUT2D eigenvalue weighted by atomic mass is 9.98. The van der Waals surface area contributed by atoms with Gasteiger partial charge in [-0.3, -0.25) is 24.6 Å². The van der Waals surface area contributed by atoms with Crippen LogP contribution in [0.25, 0.3) is 11.3 Å². The second-order valence-corrected chi connectivity index (χ2v) is 8.29. The number of rotatable bonds is 4. The molecule has 1 saturated heterocycles. The molecule has 152 valence electrons. The molecule has 1 N–H and O–H groups in total. The van der Waals surface area contributed by atoms with Crippen molar-refractivity contribution in [2.75, 3.05) is 10.2 Å². The standard InChI is InChI=1S/C23H21N3O3S/c1-13-10-14(2)21(15(3)11-13)18-12-30-23(24-18)25-22(29)16-4-6-17(7-5-16)26-19(27)8-9-20(26)28/h4-7,10-12H,8-9H2,1-3H3,(H,24,25,29). The lowest BCUT2D eigenvalue weighted by Crippen LogP contribution is -2.28. The second kappa shape index (κ2) is 7.84. The lowest BCUT2D eigenvalue weighted by Gasteiger charge is -2.14. The molecular formula is C23H21N3O3S. The Kier molecular flexibility index (Phi) is 5.22. The zero-order valence-corrected chi connectivity index (χ0v) is 17.8. The van der Waals surface area contributed by atoms with Crippen molar-refractivity contribution in [1.82, 2.24) is 4.98 Å². The minimum atomic E-state index is -0.293. The smallest absolute Gasteiger partial charge is 0.257 e. The fourth-order valence-corrected chi connectivity index (χ4v) is 4.52. The SMILES string of the molecule is Cc1cc(C)c(-c2csc(NC(=O)c3ccc(N4C(=O)CCC4=O)cc3)n2)c(C)c1. The summed E-state index contributed by atoms with van der Waals surface area (Å²) in [5, 5.41) is 5.28. The molecule has 2 aromatic carbocycles. The summed E-state index contributed by atoms with van der Waals surface area (Å²) >= 11 is 1.37. The summed E-state index contributed by atoms with van der Waals surface area (Å²) < 4.78 is 0. The molecule has 0 bridgehead atoms. The van der Waals surface area contributed by atoms with Crippen LogP contribution in [0.1, 0.15) is 39.9 Å². The van der Waals surface area contributed by atoms with Crippen LogP contribution < -0.4 is 10.2 Å². The van der Waals surface area contributed by atoms with Crippen molar-refractivity contribution in [1.29, 1.82) is 0 Å². The maximum Gasteiger partial charge on any atom is 0.257 e. The van der Waals surface area contributed by atoms with Crippen LogP contribution in [0.5, 0.6) is 0 Å². The van der Waals surface area contributed by atoms with Gasteiger partial charge in [-0.15, -0.1) is 11.3 Å². The number of anilines is 2. The molecule has 0 saturated carbocycles. The first-order valence-electron chi connectivity index (χ1n) is 9.64. The van der Waals surface area contributed by atoms with E-state index in [1.165, 1.54) is 21.8 Å². The van der Waals surface area contributed by atoms with Gasteiger partial charge < -0.3 is 0 Å². The molecule has 0 atom stereocenters. The van der Waals surface area contributed by atoms with E-state index in [2.05, 4.69) is 43.2 Å². The van der Waals surface area contributed by atoms with Crippen molar-refractivity contribution in [3.8, 4) is 11.3 Å². The van der Waals surface area contributed by atoms with Gasteiger partial charge in [-0.25, -0.2) is 4.98 Å². The number of carbonyl (C=O) groups is 3. The van der Waals surface area contributed by atoms with Crippen LogP contribution in [0.2, 0.25) is 0 Å². The number of imide groups is 1. The van der Waals surface area contributed by atoms with Crippen molar-refractivity contribution in [3.63, 3.8) is 0 Å². The molecule has 0 spiro atoms. The molecule has 3 amide bonds. The Bertz CT molecular complexity index is 1130. The first-order chi connectivity index (χ1) is 14.3. The predicted octanol–water partition coefficient (Wildman–Crippen LogP) is 4.64. The summed E-state index contributed by atoms with van der Waals surface area (Å²) in [5.74, 6) is -0.720. The first kappa shape index (κ1) is 20.0. The minimum absolute atomic E-state index is 0.214. The summed E-state index contributed by atoms with van der Waals surface area (Å²) in [7, 11) is 0. The Morgan fingerprint density at radius 3 is 2.20 bits per heavy atom. The molecule has 1 aliphatic heterocycles. The van der Waals surface area contributed by atoms with E-state index in [1.54, 1.807) is 24.3 Å². The van der Waals surface area contributed by atoms with Crippen LogP contribution in [0.4, 0.5) is 10.8 Å². The monoisotopic (exact) mass is 419 g/mol. The molecule has 6 nitrogen and oxygen atoms in total. The van der Waals surface area contributed by atoms with E-state index < -0.39 is 0 Å². The number of hydrogen-bond donors (Lipinski definition) is 1. The molecule has 4 rings (SSSR count). The fourth-order valence-electron chi connectivity index (χ4n) is 3.83. The summed E-state index contributed by atoms with van der Waals surface area (Å²) in [4.78, 5) is 42.1. The zero-order chi connectivity index (χ0) is 21.4. The highest BCUT2D eigenvalue weighted by Gasteiger charge is 2.30. The predicted molar refractivity (Wildman–Crippen MR) is 118 cm³/mol. The maximum absolute atomic E-state index is 12.6. The Labute approximate surface area is 178 Å². The van der Waals surface area contributed by atoms with Gasteiger partial charge in [0.25, 0.3) is 5.91 Å². The lowest BCUT2D eigenvalue weighted by molar-refractivity contribution is -0.121. The molecule has 1 fully saturated rings. The van der Waals surface area contributed by atoms with Gasteiger partial charge in [0.1, 0.15) is 0 Å². The molecule has 0 radical (unpaired) electrons. The number of nitrogens with one attached hydrogen (secondary N) is 1. The second-order valence-electron chi connectivity index (χ2n) is 7.44. The van der Waals surface area contributed by atoms with E-state index >= 15 is 0 Å². The quantitative estimate of drug-likeness (QED) is 0.625. The topological polar surface area (TPSA) is 79.4 Å². The number of aromatic nitrogens is 1. The Hall–Kier alpha value is -3.32. The van der Waals surface area contributed by atoms with E-state index in [0.29, 0.717) is 16.4 Å². The van der Waals surface area contributed by atoms with Crippen LogP contribution in [0.3, 0.4) is 0 Å². The van der Waals surface area contributed by atoms with Gasteiger partial charge in [0.15, 0.2) is 5.13 Å². The van der Waals surface area contributed by atoms with E-state index in [4.69, 9.17) is 0 Å². The summed E-state index contributed by atoms with van der Waals surface area (Å²) in [6.45, 7) is 6.19. The average molecular weight is 420 g/mol. The van der Waals surface area contributed by atoms with Gasteiger partial charge in [-0.05, 0) is 56.2 Å². The molecule has 0 aliphatic carbocycles. The van der Waals surface area contributed by atoms with Crippen molar-refractivity contribution < 1.29 is 14.4 Å². The highest BCUT2D eigenvalue weighted by Crippen LogP contribution is 2.31. The molecule has 3 aromatic rings. The maximum atomic E-state index is 12.6. The number of nitrogens with zero attached hydrogens (tertiary/aromatic N) is 2. The van der Waals surface area contributed by atoms with Crippen molar-refractivity contribution >= 4 is 39.9 Å². The van der Waals surface area contributed by atoms with Gasteiger partial charge in [-0.2, -0.15) is 0 Å². The van der Waals surface area contributed by atoms with Gasteiger partial charge in [0, 0.05) is 29.3 Å². The Balaban J connectivity index is 1.50. The van der Waals surface area contributed by atoms with E-state index in [9.17, 15) is 14.4 Å². The summed E-state index contributed by atoms with van der Waals surface area (Å²) in [6, 6.07) is 10.7. The normalized spacial score (nSPS) is 13.8. The third-order valence-corrected chi connectivity index (χ3v) is 5.85. The highest BCUT2D eigenvalue weighted by atomic mass is 32.1. The van der Waals surface area contributed by atoms with Crippen LogP contribution in [0.15, 0.2) is 41.8 Å². The molecule has 0 unspecified atom stereocenters. The van der Waals surface area contributed by atoms with Crippen molar-refractivity contribution in [2.45, 2.75) is 33.6 Å².